The third-order valence-electron chi connectivity index (χ3n) is 3.48. The van der Waals surface area contributed by atoms with Crippen molar-refractivity contribution >= 4 is 68.5 Å². The first-order valence-corrected chi connectivity index (χ1v) is 8.18. The van der Waals surface area contributed by atoms with Crippen molar-refractivity contribution in [3.63, 3.8) is 0 Å². The van der Waals surface area contributed by atoms with E-state index in [0.29, 0.717) is 26.5 Å². The smallest absolute Gasteiger partial charge is 0.114 e. The van der Waals surface area contributed by atoms with Crippen LogP contribution in [-0.4, -0.2) is 19.9 Å². The van der Waals surface area contributed by atoms with Crippen molar-refractivity contribution in [2.24, 2.45) is 0 Å². The molecule has 0 unspecified atom stereocenters. The van der Waals surface area contributed by atoms with Gasteiger partial charge in [0.05, 0.1) is 48.6 Å². The van der Waals surface area contributed by atoms with Gasteiger partial charge in [0.2, 0.25) is 0 Å². The van der Waals surface area contributed by atoms with Crippen LogP contribution in [0.5, 0.6) is 0 Å². The van der Waals surface area contributed by atoms with Crippen molar-refractivity contribution in [1.29, 1.82) is 0 Å². The number of H-pyrrole nitrogens is 2. The Balaban J connectivity index is 1.72. The number of aromatic nitrogens is 4. The summed E-state index contributed by atoms with van der Waals surface area (Å²) in [6.45, 7) is 0. The molecule has 2 heterocycles. The standard InChI is InChI=1S/C15H8Cl4N4/c16-6-1-10-11(2-7(6)17)21-14(20-10)5-15-22-12-3-8(18)9(19)4-13(12)23-15/h1-4H,5H2,(H,20,21)(H,22,23). The van der Waals surface area contributed by atoms with Crippen LogP contribution in [0.1, 0.15) is 11.6 Å². The van der Waals surface area contributed by atoms with Crippen molar-refractivity contribution in [2.75, 3.05) is 0 Å². The summed E-state index contributed by atoms with van der Waals surface area (Å²) in [5.74, 6) is 1.52. The molecule has 4 rings (SSSR count). The van der Waals surface area contributed by atoms with E-state index < -0.39 is 0 Å². The van der Waals surface area contributed by atoms with Crippen molar-refractivity contribution < 1.29 is 0 Å². The molecule has 4 aromatic rings. The lowest BCUT2D eigenvalue weighted by molar-refractivity contribution is 0.960. The molecule has 0 saturated heterocycles. The second kappa shape index (κ2) is 5.56. The molecule has 2 aromatic carbocycles. The maximum Gasteiger partial charge on any atom is 0.114 e. The summed E-state index contributed by atoms with van der Waals surface area (Å²) < 4.78 is 0. The van der Waals surface area contributed by atoms with Crippen molar-refractivity contribution in [1.82, 2.24) is 19.9 Å². The Kier molecular flexibility index (Phi) is 3.65. The number of hydrogen-bond acceptors (Lipinski definition) is 2. The number of hydrogen-bond donors (Lipinski definition) is 2. The van der Waals surface area contributed by atoms with Gasteiger partial charge in [0.25, 0.3) is 0 Å². The van der Waals surface area contributed by atoms with Crippen LogP contribution in [0.3, 0.4) is 0 Å². The Morgan fingerprint density at radius 3 is 1.48 bits per heavy atom. The molecule has 0 saturated carbocycles. The van der Waals surface area contributed by atoms with Crippen LogP contribution >= 0.6 is 46.4 Å². The van der Waals surface area contributed by atoms with E-state index in [0.717, 1.165) is 33.7 Å². The van der Waals surface area contributed by atoms with E-state index in [1.165, 1.54) is 0 Å². The number of nitrogens with one attached hydrogen (secondary N) is 2. The molecular weight excluding hydrogens is 378 g/mol. The van der Waals surface area contributed by atoms with E-state index in [1.807, 2.05) is 0 Å². The molecular formula is C15H8Cl4N4. The predicted molar refractivity (Wildman–Crippen MR) is 95.0 cm³/mol. The Morgan fingerprint density at radius 1 is 0.652 bits per heavy atom. The van der Waals surface area contributed by atoms with E-state index in [2.05, 4.69) is 19.9 Å². The minimum atomic E-state index is 0.477. The maximum absolute atomic E-state index is 6.02. The minimum absolute atomic E-state index is 0.477. The lowest BCUT2D eigenvalue weighted by Gasteiger charge is -1.93. The summed E-state index contributed by atoms with van der Waals surface area (Å²) in [4.78, 5) is 15.4. The van der Waals surface area contributed by atoms with Gasteiger partial charge in [0, 0.05) is 0 Å². The number of rotatable bonds is 2. The van der Waals surface area contributed by atoms with Gasteiger partial charge in [-0.05, 0) is 24.3 Å². The molecule has 0 aliphatic heterocycles. The van der Waals surface area contributed by atoms with Crippen LogP contribution in [0, 0.1) is 0 Å². The van der Waals surface area contributed by atoms with Crippen molar-refractivity contribution in [3.05, 3.63) is 56.0 Å². The van der Waals surface area contributed by atoms with E-state index >= 15 is 0 Å². The van der Waals surface area contributed by atoms with Gasteiger partial charge in [-0.3, -0.25) is 0 Å². The minimum Gasteiger partial charge on any atom is -0.342 e. The molecule has 2 aromatic heterocycles. The quantitative estimate of drug-likeness (QED) is 0.468. The molecule has 0 spiro atoms. The fraction of sp³-hybridized carbons (Fsp3) is 0.0667. The number of imidazole rings is 2. The average molecular weight is 386 g/mol. The van der Waals surface area contributed by atoms with Gasteiger partial charge in [0.15, 0.2) is 0 Å². The number of aromatic amines is 2. The third-order valence-corrected chi connectivity index (χ3v) is 4.93. The molecule has 0 fully saturated rings. The summed E-state index contributed by atoms with van der Waals surface area (Å²) >= 11 is 24.1. The van der Waals surface area contributed by atoms with E-state index in [9.17, 15) is 0 Å². The zero-order chi connectivity index (χ0) is 16.1. The highest BCUT2D eigenvalue weighted by molar-refractivity contribution is 6.43. The highest BCUT2D eigenvalue weighted by atomic mass is 35.5. The molecule has 0 atom stereocenters. The van der Waals surface area contributed by atoms with Gasteiger partial charge in [-0.2, -0.15) is 0 Å². The number of benzene rings is 2. The molecule has 8 heteroatoms. The molecule has 0 aliphatic carbocycles. The maximum atomic E-state index is 6.02. The highest BCUT2D eigenvalue weighted by Gasteiger charge is 2.11. The van der Waals surface area contributed by atoms with Gasteiger partial charge in [-0.1, -0.05) is 46.4 Å². The molecule has 2 N–H and O–H groups in total. The first kappa shape index (κ1) is 15.1. The van der Waals surface area contributed by atoms with Gasteiger partial charge in [-0.15, -0.1) is 0 Å². The lowest BCUT2D eigenvalue weighted by Crippen LogP contribution is -1.92. The van der Waals surface area contributed by atoms with Gasteiger partial charge in [0.1, 0.15) is 11.6 Å². The Bertz CT molecular complexity index is 889. The first-order valence-electron chi connectivity index (χ1n) is 6.67. The summed E-state index contributed by atoms with van der Waals surface area (Å²) in [5.41, 5.74) is 3.18. The fourth-order valence-corrected chi connectivity index (χ4v) is 3.08. The predicted octanol–water partition coefficient (Wildman–Crippen LogP) is 5.64. The SMILES string of the molecule is Clc1cc2nc(Cc3nc4cc(Cl)c(Cl)cc4[nH]3)[nH]c2cc1Cl. The van der Waals surface area contributed by atoms with E-state index in [1.54, 1.807) is 24.3 Å². The number of nitrogens with zero attached hydrogens (tertiary/aromatic N) is 2. The summed E-state index contributed by atoms with van der Waals surface area (Å²) in [5, 5.41) is 1.93. The summed E-state index contributed by atoms with van der Waals surface area (Å²) in [6, 6.07) is 6.98. The molecule has 0 bridgehead atoms. The number of halogens is 4. The summed E-state index contributed by atoms with van der Waals surface area (Å²) in [6.07, 6.45) is 0.508. The van der Waals surface area contributed by atoms with Crippen LogP contribution in [0.25, 0.3) is 22.1 Å². The molecule has 4 nitrogen and oxygen atoms in total. The monoisotopic (exact) mass is 384 g/mol. The molecule has 0 radical (unpaired) electrons. The average Bonchev–Trinajstić information content (AvgIpc) is 3.03. The van der Waals surface area contributed by atoms with Gasteiger partial charge >= 0.3 is 0 Å². The number of fused-ring (bicyclic) bond motifs is 2. The van der Waals surface area contributed by atoms with Crippen molar-refractivity contribution in [3.8, 4) is 0 Å². The van der Waals surface area contributed by atoms with Crippen LogP contribution in [0.15, 0.2) is 24.3 Å². The normalized spacial score (nSPS) is 11.7. The largest absolute Gasteiger partial charge is 0.342 e. The van der Waals surface area contributed by atoms with E-state index in [4.69, 9.17) is 46.4 Å². The van der Waals surface area contributed by atoms with Crippen molar-refractivity contribution in [2.45, 2.75) is 6.42 Å². The third kappa shape index (κ3) is 2.76. The Morgan fingerprint density at radius 2 is 1.04 bits per heavy atom. The topological polar surface area (TPSA) is 57.4 Å². The second-order valence-electron chi connectivity index (χ2n) is 5.11. The molecule has 116 valence electrons. The van der Waals surface area contributed by atoms with Crippen LogP contribution in [0.2, 0.25) is 20.1 Å². The Labute approximate surface area is 150 Å². The highest BCUT2D eigenvalue weighted by Crippen LogP contribution is 2.28. The second-order valence-corrected chi connectivity index (χ2v) is 6.74. The fourth-order valence-electron chi connectivity index (χ4n) is 2.44. The zero-order valence-corrected chi connectivity index (χ0v) is 14.4. The lowest BCUT2D eigenvalue weighted by atomic mass is 10.3. The zero-order valence-electron chi connectivity index (χ0n) is 11.4. The molecule has 0 aliphatic rings. The Hall–Kier alpha value is -1.46. The van der Waals surface area contributed by atoms with Crippen LogP contribution in [0.4, 0.5) is 0 Å². The van der Waals surface area contributed by atoms with Crippen LogP contribution < -0.4 is 0 Å². The van der Waals surface area contributed by atoms with Gasteiger partial charge < -0.3 is 9.97 Å². The summed E-state index contributed by atoms with van der Waals surface area (Å²) in [7, 11) is 0. The molecule has 23 heavy (non-hydrogen) atoms. The van der Waals surface area contributed by atoms with Crippen LogP contribution in [-0.2, 0) is 6.42 Å². The van der Waals surface area contributed by atoms with E-state index in [-0.39, 0.29) is 0 Å². The molecule has 0 amide bonds. The van der Waals surface area contributed by atoms with Gasteiger partial charge in [-0.25, -0.2) is 9.97 Å². The first-order chi connectivity index (χ1) is 11.0.